The lowest BCUT2D eigenvalue weighted by atomic mass is 10.3. The van der Waals surface area contributed by atoms with Gasteiger partial charge in [0.15, 0.2) is 0 Å². The smallest absolute Gasteiger partial charge is 0.343 e. The fourth-order valence-electron chi connectivity index (χ4n) is 1.29. The Kier molecular flexibility index (Phi) is 6.42. The fourth-order valence-corrected chi connectivity index (χ4v) is 1.29. The summed E-state index contributed by atoms with van der Waals surface area (Å²) < 4.78 is 75.7. The molecule has 4 N–H and O–H groups in total. The van der Waals surface area contributed by atoms with Crippen molar-refractivity contribution in [3.63, 3.8) is 0 Å². The van der Waals surface area contributed by atoms with E-state index in [1.54, 1.807) is 0 Å². The van der Waals surface area contributed by atoms with E-state index in [1.807, 2.05) is 10.6 Å². The summed E-state index contributed by atoms with van der Waals surface area (Å²) >= 11 is 0. The molecule has 1 aromatic rings. The Hall–Kier alpha value is -2.29. The van der Waals surface area contributed by atoms with E-state index in [-0.39, 0.29) is 5.82 Å². The van der Waals surface area contributed by atoms with E-state index in [0.29, 0.717) is 0 Å². The van der Waals surface area contributed by atoms with E-state index in [0.717, 1.165) is 13.8 Å². The quantitative estimate of drug-likeness (QED) is 0.557. The first-order chi connectivity index (χ1) is 11.3. The zero-order valence-corrected chi connectivity index (χ0v) is 13.4. The second-order valence-corrected chi connectivity index (χ2v) is 5.18. The summed E-state index contributed by atoms with van der Waals surface area (Å²) in [6.45, 7) is 3.15. The zero-order chi connectivity index (χ0) is 19.4. The Morgan fingerprint density at radius 3 is 1.56 bits per heavy atom. The number of nitrogens with zero attached hydrogens (tertiary/aromatic N) is 3. The molecule has 25 heavy (non-hydrogen) atoms. The number of aromatic nitrogens is 3. The van der Waals surface area contributed by atoms with Crippen LogP contribution in [0.1, 0.15) is 26.6 Å². The van der Waals surface area contributed by atoms with Gasteiger partial charge in [0.25, 0.3) is 0 Å². The topological polar surface area (TPSA) is 88.8 Å². The van der Waals surface area contributed by atoms with Gasteiger partial charge >= 0.3 is 12.4 Å². The Balaban J connectivity index is 3.17. The van der Waals surface area contributed by atoms with Gasteiger partial charge in [-0.3, -0.25) is 0 Å². The number of halogens is 6. The summed E-state index contributed by atoms with van der Waals surface area (Å²) in [5.74, 6) is 3.38. The first-order valence-electron chi connectivity index (χ1n) is 6.98. The monoisotopic (exact) mass is 370 g/mol. The van der Waals surface area contributed by atoms with Crippen LogP contribution in [0.15, 0.2) is 0 Å². The number of hydrogen-bond donors (Lipinski definition) is 3. The van der Waals surface area contributed by atoms with Gasteiger partial charge in [-0.2, -0.15) is 41.3 Å². The average molecular weight is 370 g/mol. The van der Waals surface area contributed by atoms with Crippen molar-refractivity contribution in [1.29, 1.82) is 0 Å². The molecule has 0 saturated carbocycles. The van der Waals surface area contributed by atoms with Crippen molar-refractivity contribution < 1.29 is 26.3 Å². The number of nitrogens with two attached hydrogens (primary N) is 1. The first kappa shape index (κ1) is 20.8. The van der Waals surface area contributed by atoms with E-state index in [4.69, 9.17) is 5.73 Å². The lowest BCUT2D eigenvalue weighted by Crippen LogP contribution is -2.35. The van der Waals surface area contributed by atoms with Crippen LogP contribution < -0.4 is 16.4 Å². The van der Waals surface area contributed by atoms with Gasteiger partial charge in [0, 0.05) is 0 Å². The Morgan fingerprint density at radius 1 is 0.840 bits per heavy atom. The molecule has 12 heteroatoms. The van der Waals surface area contributed by atoms with Crippen molar-refractivity contribution in [3.8, 4) is 11.8 Å². The van der Waals surface area contributed by atoms with Gasteiger partial charge < -0.3 is 16.4 Å². The van der Waals surface area contributed by atoms with Crippen molar-refractivity contribution in [2.45, 2.75) is 51.2 Å². The van der Waals surface area contributed by atoms with E-state index >= 15 is 0 Å². The predicted octanol–water partition coefficient (Wildman–Crippen LogP) is 2.30. The third kappa shape index (κ3) is 7.00. The zero-order valence-electron chi connectivity index (χ0n) is 13.4. The van der Waals surface area contributed by atoms with Gasteiger partial charge in [-0.1, -0.05) is 5.92 Å². The SMILES string of the molecule is CC(N)C#Cc1nc(N[C@H](C)C(F)(F)F)nc(N[C@H](C)C(F)(F)F)n1. The molecule has 0 spiro atoms. The Bertz CT molecular complexity index is 605. The van der Waals surface area contributed by atoms with Crippen LogP contribution in [0.25, 0.3) is 0 Å². The molecule has 1 unspecified atom stereocenters. The highest BCUT2D eigenvalue weighted by molar-refractivity contribution is 5.40. The van der Waals surface area contributed by atoms with Gasteiger partial charge in [0.05, 0.1) is 6.04 Å². The van der Waals surface area contributed by atoms with Crippen molar-refractivity contribution in [1.82, 2.24) is 15.0 Å². The molecule has 0 aliphatic rings. The molecule has 140 valence electrons. The maximum atomic E-state index is 12.6. The summed E-state index contributed by atoms with van der Waals surface area (Å²) in [6, 6.07) is -4.65. The number of anilines is 2. The van der Waals surface area contributed by atoms with E-state index < -0.39 is 42.4 Å². The van der Waals surface area contributed by atoms with Crippen LogP contribution in [0, 0.1) is 11.8 Å². The summed E-state index contributed by atoms with van der Waals surface area (Å²) in [5.41, 5.74) is 5.42. The van der Waals surface area contributed by atoms with Gasteiger partial charge in [0.2, 0.25) is 17.7 Å². The maximum absolute atomic E-state index is 12.6. The van der Waals surface area contributed by atoms with Gasteiger partial charge in [-0.25, -0.2) is 0 Å². The third-order valence-corrected chi connectivity index (χ3v) is 2.72. The number of rotatable bonds is 4. The van der Waals surface area contributed by atoms with Crippen LogP contribution >= 0.6 is 0 Å². The second kappa shape index (κ2) is 7.73. The van der Waals surface area contributed by atoms with Crippen LogP contribution in [-0.4, -0.2) is 45.4 Å². The molecular formula is C13H16F6N6. The minimum absolute atomic E-state index is 0.318. The highest BCUT2D eigenvalue weighted by Crippen LogP contribution is 2.24. The van der Waals surface area contributed by atoms with E-state index in [9.17, 15) is 26.3 Å². The van der Waals surface area contributed by atoms with E-state index in [2.05, 4.69) is 26.8 Å². The van der Waals surface area contributed by atoms with Gasteiger partial charge in [-0.15, -0.1) is 0 Å². The molecule has 0 aliphatic heterocycles. The first-order valence-corrected chi connectivity index (χ1v) is 6.98. The number of hydrogen-bond acceptors (Lipinski definition) is 6. The fraction of sp³-hybridized carbons (Fsp3) is 0.615. The van der Waals surface area contributed by atoms with Crippen LogP contribution in [-0.2, 0) is 0 Å². The third-order valence-electron chi connectivity index (χ3n) is 2.72. The van der Waals surface area contributed by atoms with Crippen LogP contribution in [0.3, 0.4) is 0 Å². The normalized spacial score (nSPS) is 15.6. The largest absolute Gasteiger partial charge is 0.408 e. The maximum Gasteiger partial charge on any atom is 0.408 e. The second-order valence-electron chi connectivity index (χ2n) is 5.18. The molecule has 0 aromatic carbocycles. The minimum atomic E-state index is -4.60. The van der Waals surface area contributed by atoms with E-state index in [1.165, 1.54) is 6.92 Å². The van der Waals surface area contributed by atoms with Crippen LogP contribution in [0.2, 0.25) is 0 Å². The van der Waals surface area contributed by atoms with Crippen molar-refractivity contribution in [2.75, 3.05) is 10.6 Å². The highest BCUT2D eigenvalue weighted by Gasteiger charge is 2.38. The minimum Gasteiger partial charge on any atom is -0.343 e. The predicted molar refractivity (Wildman–Crippen MR) is 78.6 cm³/mol. The molecule has 1 rings (SSSR count). The van der Waals surface area contributed by atoms with Crippen LogP contribution in [0.4, 0.5) is 38.2 Å². The summed E-state index contributed by atoms with van der Waals surface area (Å²) in [6.07, 6.45) is -9.20. The molecule has 0 aliphatic carbocycles. The molecule has 0 radical (unpaired) electrons. The Labute approximate surface area is 139 Å². The Morgan fingerprint density at radius 2 is 1.24 bits per heavy atom. The summed E-state index contributed by atoms with van der Waals surface area (Å²) in [4.78, 5) is 10.8. The molecule has 0 saturated heterocycles. The van der Waals surface area contributed by atoms with Gasteiger partial charge in [0.1, 0.15) is 12.1 Å². The average Bonchev–Trinajstić information content (AvgIpc) is 2.42. The number of alkyl halides is 6. The molecule has 0 bridgehead atoms. The van der Waals surface area contributed by atoms with Crippen molar-refractivity contribution >= 4 is 11.9 Å². The highest BCUT2D eigenvalue weighted by atomic mass is 19.4. The van der Waals surface area contributed by atoms with Crippen molar-refractivity contribution in [3.05, 3.63) is 5.82 Å². The molecule has 1 heterocycles. The molecular weight excluding hydrogens is 354 g/mol. The molecule has 3 atom stereocenters. The molecule has 0 fully saturated rings. The standard InChI is InChI=1S/C13H16F6N6/c1-6(20)4-5-9-23-10(21-7(2)12(14,15)16)25-11(24-9)22-8(3)13(17,18)19/h6-8H,20H2,1-3H3,(H2,21,22,23,24,25)/t6?,7-,8-/m1/s1. The van der Waals surface area contributed by atoms with Crippen LogP contribution in [0.5, 0.6) is 0 Å². The van der Waals surface area contributed by atoms with Crippen molar-refractivity contribution in [2.24, 2.45) is 5.73 Å². The van der Waals surface area contributed by atoms with Gasteiger partial charge in [-0.05, 0) is 26.7 Å². The lowest BCUT2D eigenvalue weighted by molar-refractivity contribution is -0.139. The molecule has 1 aromatic heterocycles. The number of nitrogens with one attached hydrogen (secondary N) is 2. The summed E-state index contributed by atoms with van der Waals surface area (Å²) in [7, 11) is 0. The summed E-state index contributed by atoms with van der Waals surface area (Å²) in [5, 5.41) is 3.91. The molecule has 0 amide bonds. The molecule has 6 nitrogen and oxygen atoms in total. The lowest BCUT2D eigenvalue weighted by Gasteiger charge is -2.19.